The van der Waals surface area contributed by atoms with E-state index in [2.05, 4.69) is 4.98 Å². The first-order valence-corrected chi connectivity index (χ1v) is 6.11. The van der Waals surface area contributed by atoms with Crippen LogP contribution in [0.15, 0.2) is 18.3 Å². The third kappa shape index (κ3) is 3.20. The van der Waals surface area contributed by atoms with E-state index in [1.807, 2.05) is 6.07 Å². The van der Waals surface area contributed by atoms with Crippen LogP contribution in [-0.4, -0.2) is 16.2 Å². The van der Waals surface area contributed by atoms with E-state index in [-0.39, 0.29) is 6.61 Å². The highest BCUT2D eigenvalue weighted by atomic mass is 16.5. The van der Waals surface area contributed by atoms with Gasteiger partial charge in [0.1, 0.15) is 6.10 Å². The van der Waals surface area contributed by atoms with Gasteiger partial charge in [-0.3, -0.25) is 0 Å². The van der Waals surface area contributed by atoms with E-state index in [1.54, 1.807) is 12.3 Å². The second-order valence-corrected chi connectivity index (χ2v) is 4.39. The van der Waals surface area contributed by atoms with E-state index in [4.69, 9.17) is 9.84 Å². The van der Waals surface area contributed by atoms with Crippen LogP contribution >= 0.6 is 0 Å². The Kier molecular flexibility index (Phi) is 4.17. The molecule has 0 aliphatic heterocycles. The van der Waals surface area contributed by atoms with Crippen molar-refractivity contribution >= 4 is 0 Å². The summed E-state index contributed by atoms with van der Waals surface area (Å²) in [6.07, 6.45) is 9.42. The van der Waals surface area contributed by atoms with E-state index in [9.17, 15) is 0 Å². The minimum absolute atomic E-state index is 0.0452. The molecule has 1 aromatic rings. The van der Waals surface area contributed by atoms with Gasteiger partial charge in [-0.25, -0.2) is 4.98 Å². The van der Waals surface area contributed by atoms with Crippen molar-refractivity contribution in [3.63, 3.8) is 0 Å². The molecule has 3 nitrogen and oxygen atoms in total. The van der Waals surface area contributed by atoms with E-state index in [0.29, 0.717) is 12.0 Å². The van der Waals surface area contributed by atoms with Crippen LogP contribution in [0.2, 0.25) is 0 Å². The summed E-state index contributed by atoms with van der Waals surface area (Å²) in [4.78, 5) is 4.18. The van der Waals surface area contributed by atoms with Crippen LogP contribution < -0.4 is 4.74 Å². The molecule has 88 valence electrons. The van der Waals surface area contributed by atoms with Crippen molar-refractivity contribution in [2.45, 2.75) is 51.2 Å². The smallest absolute Gasteiger partial charge is 0.213 e. The lowest BCUT2D eigenvalue weighted by Gasteiger charge is -2.16. The molecule has 0 radical (unpaired) electrons. The standard InChI is InChI=1S/C13H19NO2/c15-10-11-7-8-14-13(9-11)16-12-5-3-1-2-4-6-12/h7-9,12,15H,1-6,10H2. The molecule has 0 saturated heterocycles. The van der Waals surface area contributed by atoms with Gasteiger partial charge >= 0.3 is 0 Å². The zero-order chi connectivity index (χ0) is 11.2. The van der Waals surface area contributed by atoms with Crippen molar-refractivity contribution in [3.05, 3.63) is 23.9 Å². The highest BCUT2D eigenvalue weighted by Gasteiger charge is 2.14. The van der Waals surface area contributed by atoms with Crippen LogP contribution in [0.25, 0.3) is 0 Å². The second kappa shape index (κ2) is 5.85. The van der Waals surface area contributed by atoms with Gasteiger partial charge in [0, 0.05) is 12.3 Å². The van der Waals surface area contributed by atoms with Crippen LogP contribution in [0.3, 0.4) is 0 Å². The molecule has 3 heteroatoms. The molecule has 1 fully saturated rings. The number of aliphatic hydroxyl groups is 1. The minimum Gasteiger partial charge on any atom is -0.474 e. The Hall–Kier alpha value is -1.09. The van der Waals surface area contributed by atoms with E-state index >= 15 is 0 Å². The van der Waals surface area contributed by atoms with Crippen molar-refractivity contribution in [3.8, 4) is 5.88 Å². The molecule has 1 aliphatic rings. The number of pyridine rings is 1. The molecule has 1 heterocycles. The fourth-order valence-corrected chi connectivity index (χ4v) is 2.14. The number of rotatable bonds is 3. The van der Waals surface area contributed by atoms with Crippen LogP contribution in [0.4, 0.5) is 0 Å². The third-order valence-electron chi connectivity index (χ3n) is 3.07. The second-order valence-electron chi connectivity index (χ2n) is 4.39. The van der Waals surface area contributed by atoms with Crippen molar-refractivity contribution in [2.75, 3.05) is 0 Å². The van der Waals surface area contributed by atoms with E-state index in [1.165, 1.54) is 25.7 Å². The Morgan fingerprint density at radius 1 is 1.25 bits per heavy atom. The van der Waals surface area contributed by atoms with Crippen LogP contribution in [0.5, 0.6) is 5.88 Å². The van der Waals surface area contributed by atoms with Crippen LogP contribution in [-0.2, 0) is 6.61 Å². The Balaban J connectivity index is 1.96. The summed E-state index contributed by atoms with van der Waals surface area (Å²) in [5.74, 6) is 0.651. The molecule has 0 aromatic carbocycles. The Morgan fingerprint density at radius 3 is 2.69 bits per heavy atom. The number of nitrogens with zero attached hydrogens (tertiary/aromatic N) is 1. The van der Waals surface area contributed by atoms with Crippen LogP contribution in [0.1, 0.15) is 44.1 Å². The first kappa shape index (κ1) is 11.4. The van der Waals surface area contributed by atoms with Gasteiger partial charge in [0.2, 0.25) is 5.88 Å². The van der Waals surface area contributed by atoms with Gasteiger partial charge in [-0.2, -0.15) is 0 Å². The average Bonchev–Trinajstić information content (AvgIpc) is 2.58. The molecular formula is C13H19NO2. The summed E-state index contributed by atoms with van der Waals surface area (Å²) in [7, 11) is 0. The molecule has 0 unspecified atom stereocenters. The summed E-state index contributed by atoms with van der Waals surface area (Å²) in [6, 6.07) is 3.63. The van der Waals surface area contributed by atoms with Crippen molar-refractivity contribution in [1.29, 1.82) is 0 Å². The van der Waals surface area contributed by atoms with E-state index in [0.717, 1.165) is 18.4 Å². The van der Waals surface area contributed by atoms with Crippen molar-refractivity contribution in [2.24, 2.45) is 0 Å². The van der Waals surface area contributed by atoms with Crippen molar-refractivity contribution < 1.29 is 9.84 Å². The Morgan fingerprint density at radius 2 is 2.00 bits per heavy atom. The fourth-order valence-electron chi connectivity index (χ4n) is 2.14. The molecule has 1 saturated carbocycles. The Bertz CT molecular complexity index is 319. The zero-order valence-electron chi connectivity index (χ0n) is 9.56. The normalized spacial score (nSPS) is 18.1. The van der Waals surface area contributed by atoms with Gasteiger partial charge in [0.05, 0.1) is 6.61 Å². The molecule has 0 bridgehead atoms. The molecule has 0 spiro atoms. The van der Waals surface area contributed by atoms with Gasteiger partial charge in [-0.1, -0.05) is 12.8 Å². The summed E-state index contributed by atoms with van der Waals surface area (Å²) >= 11 is 0. The van der Waals surface area contributed by atoms with Gasteiger partial charge < -0.3 is 9.84 Å². The molecule has 1 aliphatic carbocycles. The maximum atomic E-state index is 9.03. The molecule has 0 amide bonds. The van der Waals surface area contributed by atoms with Crippen LogP contribution in [0, 0.1) is 0 Å². The number of aliphatic hydroxyl groups excluding tert-OH is 1. The SMILES string of the molecule is OCc1ccnc(OC2CCCCCC2)c1. The average molecular weight is 221 g/mol. The number of aromatic nitrogens is 1. The molecule has 1 aromatic heterocycles. The number of hydrogen-bond donors (Lipinski definition) is 1. The highest BCUT2D eigenvalue weighted by Crippen LogP contribution is 2.22. The molecule has 0 atom stereocenters. The van der Waals surface area contributed by atoms with E-state index < -0.39 is 0 Å². The van der Waals surface area contributed by atoms with Gasteiger partial charge in [-0.05, 0) is 37.3 Å². The predicted octanol–water partition coefficient (Wildman–Crippen LogP) is 2.68. The fraction of sp³-hybridized carbons (Fsp3) is 0.615. The van der Waals surface area contributed by atoms with Gasteiger partial charge in [-0.15, -0.1) is 0 Å². The van der Waals surface area contributed by atoms with Crippen molar-refractivity contribution in [1.82, 2.24) is 4.98 Å². The first-order chi connectivity index (χ1) is 7.88. The van der Waals surface area contributed by atoms with Gasteiger partial charge in [0.25, 0.3) is 0 Å². The highest BCUT2D eigenvalue weighted by molar-refractivity contribution is 5.19. The Labute approximate surface area is 96.5 Å². The lowest BCUT2D eigenvalue weighted by Crippen LogP contribution is -2.15. The third-order valence-corrected chi connectivity index (χ3v) is 3.07. The lowest BCUT2D eigenvalue weighted by molar-refractivity contribution is 0.175. The topological polar surface area (TPSA) is 42.4 Å². The lowest BCUT2D eigenvalue weighted by atomic mass is 10.1. The van der Waals surface area contributed by atoms with Gasteiger partial charge in [0.15, 0.2) is 0 Å². The molecule has 16 heavy (non-hydrogen) atoms. The maximum Gasteiger partial charge on any atom is 0.213 e. The summed E-state index contributed by atoms with van der Waals surface area (Å²) in [5.41, 5.74) is 0.860. The monoisotopic (exact) mass is 221 g/mol. The largest absolute Gasteiger partial charge is 0.474 e. The molecule has 2 rings (SSSR count). The maximum absolute atomic E-state index is 9.03. The summed E-state index contributed by atoms with van der Waals surface area (Å²) in [5, 5.41) is 9.03. The first-order valence-electron chi connectivity index (χ1n) is 6.11. The zero-order valence-corrected chi connectivity index (χ0v) is 9.56. The molecular weight excluding hydrogens is 202 g/mol. The molecule has 1 N–H and O–H groups in total. The minimum atomic E-state index is 0.0452. The summed E-state index contributed by atoms with van der Waals surface area (Å²) in [6.45, 7) is 0.0452. The predicted molar refractivity (Wildman–Crippen MR) is 62.3 cm³/mol. The summed E-state index contributed by atoms with van der Waals surface area (Å²) < 4.78 is 5.86. The number of ether oxygens (including phenoxy) is 1. The quantitative estimate of drug-likeness (QED) is 0.798. The number of hydrogen-bond acceptors (Lipinski definition) is 3.